The zero-order chi connectivity index (χ0) is 9.19. The lowest BCUT2D eigenvalue weighted by molar-refractivity contribution is 0.0179. The molecule has 0 aromatic rings. The van der Waals surface area contributed by atoms with Gasteiger partial charge in [-0.15, -0.1) is 0 Å². The van der Waals surface area contributed by atoms with Crippen molar-refractivity contribution in [3.8, 4) is 0 Å². The molecule has 3 heteroatoms. The van der Waals surface area contributed by atoms with Crippen molar-refractivity contribution in [3.63, 3.8) is 0 Å². The summed E-state index contributed by atoms with van der Waals surface area (Å²) in [6, 6.07) is 0. The maximum absolute atomic E-state index is 9.52. The van der Waals surface area contributed by atoms with Crippen LogP contribution in [0.2, 0.25) is 0 Å². The average molecular weight is 189 g/mol. The van der Waals surface area contributed by atoms with Gasteiger partial charge in [-0.05, 0) is 19.6 Å². The molecule has 0 unspecified atom stereocenters. The van der Waals surface area contributed by atoms with Gasteiger partial charge in [0.15, 0.2) is 0 Å². The topological polar surface area (TPSA) is 23.5 Å². The maximum atomic E-state index is 9.52. The van der Waals surface area contributed by atoms with Crippen molar-refractivity contribution in [2.75, 3.05) is 25.4 Å². The first-order chi connectivity index (χ1) is 5.51. The van der Waals surface area contributed by atoms with Crippen LogP contribution in [0.3, 0.4) is 0 Å². The minimum Gasteiger partial charge on any atom is -0.389 e. The molecule has 72 valence electrons. The second kappa shape index (κ2) is 3.99. The quantitative estimate of drug-likeness (QED) is 0.719. The second-order valence-corrected chi connectivity index (χ2v) is 5.66. The van der Waals surface area contributed by atoms with Gasteiger partial charge in [0, 0.05) is 24.9 Å². The Kier molecular flexibility index (Phi) is 3.44. The molecule has 1 saturated heterocycles. The highest BCUT2D eigenvalue weighted by atomic mass is 32.2. The molecule has 0 radical (unpaired) electrons. The summed E-state index contributed by atoms with van der Waals surface area (Å²) in [5.74, 6) is 1.21. The van der Waals surface area contributed by atoms with E-state index in [1.54, 1.807) is 0 Å². The summed E-state index contributed by atoms with van der Waals surface area (Å²) in [6.45, 7) is 9.06. The van der Waals surface area contributed by atoms with Gasteiger partial charge in [-0.3, -0.25) is 4.90 Å². The summed E-state index contributed by atoms with van der Waals surface area (Å²) in [5, 5.41) is 10.3. The second-order valence-electron chi connectivity index (χ2n) is 4.08. The zero-order valence-corrected chi connectivity index (χ0v) is 9.02. The lowest BCUT2D eigenvalue weighted by Crippen LogP contribution is -2.53. The van der Waals surface area contributed by atoms with Gasteiger partial charge in [-0.2, -0.15) is 11.8 Å². The van der Waals surface area contributed by atoms with Gasteiger partial charge in [0.05, 0.1) is 5.60 Å². The number of likely N-dealkylation sites (tertiary alicyclic amines) is 1. The van der Waals surface area contributed by atoms with E-state index in [4.69, 9.17) is 0 Å². The molecule has 1 fully saturated rings. The number of hydrogen-bond acceptors (Lipinski definition) is 3. The molecule has 1 aliphatic heterocycles. The van der Waals surface area contributed by atoms with Gasteiger partial charge in [-0.25, -0.2) is 0 Å². The number of β-amino-alcohol motifs (C(OH)–C–C–N with tert-alkyl or cyclic N) is 1. The molecule has 0 aromatic carbocycles. The van der Waals surface area contributed by atoms with Crippen molar-refractivity contribution >= 4 is 11.8 Å². The Labute approximate surface area is 79.3 Å². The number of thioether (sulfide) groups is 1. The number of hydrogen-bond donors (Lipinski definition) is 1. The standard InChI is InChI=1S/C9H19NOS/c1-4-12-8-5-10(6-8)7-9(2,3)11/h8,11H,4-7H2,1-3H3. The lowest BCUT2D eigenvalue weighted by Gasteiger charge is -2.41. The third-order valence-electron chi connectivity index (χ3n) is 1.94. The molecule has 2 nitrogen and oxygen atoms in total. The Balaban J connectivity index is 2.10. The van der Waals surface area contributed by atoms with Gasteiger partial charge in [0.2, 0.25) is 0 Å². The first-order valence-corrected chi connectivity index (χ1v) is 5.62. The van der Waals surface area contributed by atoms with Crippen LogP contribution >= 0.6 is 11.8 Å². The Morgan fingerprint density at radius 2 is 2.08 bits per heavy atom. The van der Waals surface area contributed by atoms with Crippen molar-refractivity contribution in [2.24, 2.45) is 0 Å². The fourth-order valence-corrected chi connectivity index (χ4v) is 2.64. The van der Waals surface area contributed by atoms with Crippen LogP contribution in [0, 0.1) is 0 Å². The summed E-state index contributed by atoms with van der Waals surface area (Å²) in [6.07, 6.45) is 0. The molecule has 0 atom stereocenters. The molecule has 0 amide bonds. The van der Waals surface area contributed by atoms with E-state index in [1.165, 1.54) is 5.75 Å². The van der Waals surface area contributed by atoms with Crippen LogP contribution in [0.4, 0.5) is 0 Å². The highest BCUT2D eigenvalue weighted by molar-refractivity contribution is 7.99. The van der Waals surface area contributed by atoms with Crippen LogP contribution in [-0.4, -0.2) is 46.2 Å². The maximum Gasteiger partial charge on any atom is 0.0718 e. The Bertz CT molecular complexity index is 138. The highest BCUT2D eigenvalue weighted by Crippen LogP contribution is 2.23. The predicted molar refractivity (Wildman–Crippen MR) is 54.7 cm³/mol. The summed E-state index contributed by atoms with van der Waals surface area (Å²) >= 11 is 2.02. The Hall–Kier alpha value is 0.270. The number of rotatable bonds is 4. The average Bonchev–Trinajstić information content (AvgIpc) is 1.80. The molecular weight excluding hydrogens is 170 g/mol. The van der Waals surface area contributed by atoms with E-state index in [0.717, 1.165) is 24.9 Å². The number of nitrogens with zero attached hydrogens (tertiary/aromatic N) is 1. The molecule has 1 aliphatic rings. The molecule has 0 aromatic heterocycles. The van der Waals surface area contributed by atoms with Crippen molar-refractivity contribution in [1.82, 2.24) is 4.90 Å². The smallest absolute Gasteiger partial charge is 0.0718 e. The van der Waals surface area contributed by atoms with Crippen molar-refractivity contribution in [3.05, 3.63) is 0 Å². The van der Waals surface area contributed by atoms with Crippen LogP contribution in [0.15, 0.2) is 0 Å². The molecule has 0 spiro atoms. The van der Waals surface area contributed by atoms with E-state index in [1.807, 2.05) is 25.6 Å². The van der Waals surface area contributed by atoms with Crippen LogP contribution in [0.5, 0.6) is 0 Å². The van der Waals surface area contributed by atoms with Crippen molar-refractivity contribution in [2.45, 2.75) is 31.6 Å². The lowest BCUT2D eigenvalue weighted by atomic mass is 10.1. The van der Waals surface area contributed by atoms with Crippen LogP contribution in [-0.2, 0) is 0 Å². The first-order valence-electron chi connectivity index (χ1n) is 4.57. The van der Waals surface area contributed by atoms with Crippen molar-refractivity contribution < 1.29 is 5.11 Å². The normalized spacial score (nSPS) is 21.0. The molecule has 0 saturated carbocycles. The third kappa shape index (κ3) is 3.33. The summed E-state index contributed by atoms with van der Waals surface area (Å²) in [7, 11) is 0. The molecule has 1 heterocycles. The van der Waals surface area contributed by atoms with Crippen LogP contribution in [0.1, 0.15) is 20.8 Å². The fraction of sp³-hybridized carbons (Fsp3) is 1.00. The van der Waals surface area contributed by atoms with Crippen LogP contribution in [0.25, 0.3) is 0 Å². The van der Waals surface area contributed by atoms with E-state index in [0.29, 0.717) is 0 Å². The SMILES string of the molecule is CCSC1CN(CC(C)(C)O)C1. The molecule has 1 N–H and O–H groups in total. The summed E-state index contributed by atoms with van der Waals surface area (Å²) in [5.41, 5.74) is -0.526. The molecule has 12 heavy (non-hydrogen) atoms. The monoisotopic (exact) mass is 189 g/mol. The highest BCUT2D eigenvalue weighted by Gasteiger charge is 2.29. The van der Waals surface area contributed by atoms with Gasteiger partial charge in [0.25, 0.3) is 0 Å². The van der Waals surface area contributed by atoms with Gasteiger partial charge >= 0.3 is 0 Å². The van der Waals surface area contributed by atoms with Crippen molar-refractivity contribution in [1.29, 1.82) is 0 Å². The summed E-state index contributed by atoms with van der Waals surface area (Å²) < 4.78 is 0. The fourth-order valence-electron chi connectivity index (χ4n) is 1.54. The van der Waals surface area contributed by atoms with E-state index in [-0.39, 0.29) is 0 Å². The molecular formula is C9H19NOS. The predicted octanol–water partition coefficient (Wildman–Crippen LogP) is 1.19. The Morgan fingerprint density at radius 1 is 1.50 bits per heavy atom. The van der Waals surface area contributed by atoms with E-state index >= 15 is 0 Å². The van der Waals surface area contributed by atoms with Crippen LogP contribution < -0.4 is 0 Å². The minimum atomic E-state index is -0.526. The van der Waals surface area contributed by atoms with E-state index in [9.17, 15) is 5.11 Å². The van der Waals surface area contributed by atoms with Gasteiger partial charge in [0.1, 0.15) is 0 Å². The van der Waals surface area contributed by atoms with E-state index < -0.39 is 5.60 Å². The minimum absolute atomic E-state index is 0.526. The van der Waals surface area contributed by atoms with E-state index in [2.05, 4.69) is 11.8 Å². The molecule has 1 rings (SSSR count). The molecule has 0 aliphatic carbocycles. The largest absolute Gasteiger partial charge is 0.389 e. The molecule has 0 bridgehead atoms. The first kappa shape index (κ1) is 10.4. The Morgan fingerprint density at radius 3 is 2.50 bits per heavy atom. The van der Waals surface area contributed by atoms with Gasteiger partial charge < -0.3 is 5.11 Å². The zero-order valence-electron chi connectivity index (χ0n) is 8.21. The summed E-state index contributed by atoms with van der Waals surface area (Å²) in [4.78, 5) is 2.31. The third-order valence-corrected chi connectivity index (χ3v) is 3.04. The van der Waals surface area contributed by atoms with Gasteiger partial charge in [-0.1, -0.05) is 6.92 Å². The number of aliphatic hydroxyl groups is 1.